The number of carboxylic acids is 1. The molecule has 0 bridgehead atoms. The van der Waals surface area contributed by atoms with Crippen molar-refractivity contribution in [1.82, 2.24) is 9.97 Å². The Bertz CT molecular complexity index is 1100. The van der Waals surface area contributed by atoms with Crippen LogP contribution in [0.3, 0.4) is 0 Å². The number of fused-ring (bicyclic) bond motifs is 1. The van der Waals surface area contributed by atoms with Crippen molar-refractivity contribution in [1.29, 1.82) is 0 Å². The monoisotopic (exact) mass is 340 g/mol. The van der Waals surface area contributed by atoms with Crippen molar-refractivity contribution in [3.63, 3.8) is 0 Å². The minimum atomic E-state index is -0.968. The molecule has 0 saturated carbocycles. The molecule has 0 aliphatic heterocycles. The van der Waals surface area contributed by atoms with E-state index in [1.165, 1.54) is 0 Å². The number of benzene rings is 2. The predicted molar refractivity (Wildman–Crippen MR) is 102 cm³/mol. The number of nitrogens with zero attached hydrogens (tertiary/aromatic N) is 2. The van der Waals surface area contributed by atoms with E-state index < -0.39 is 5.97 Å². The van der Waals surface area contributed by atoms with Crippen LogP contribution in [0.1, 0.15) is 15.9 Å². The average Bonchev–Trinajstić information content (AvgIpc) is 2.68. The van der Waals surface area contributed by atoms with Gasteiger partial charge in [-0.1, -0.05) is 54.6 Å². The first kappa shape index (κ1) is 16.0. The molecule has 0 saturated heterocycles. The first-order valence-electron chi connectivity index (χ1n) is 8.28. The molecule has 4 rings (SSSR count). The van der Waals surface area contributed by atoms with E-state index in [0.29, 0.717) is 22.2 Å². The first-order chi connectivity index (χ1) is 12.6. The summed E-state index contributed by atoms with van der Waals surface area (Å²) in [7, 11) is 0. The van der Waals surface area contributed by atoms with E-state index in [4.69, 9.17) is 0 Å². The molecule has 0 spiro atoms. The minimum absolute atomic E-state index is 0.255. The summed E-state index contributed by atoms with van der Waals surface area (Å²) < 4.78 is 0. The van der Waals surface area contributed by atoms with Gasteiger partial charge in [0.1, 0.15) is 0 Å². The number of carbonyl (C=O) groups is 1. The van der Waals surface area contributed by atoms with Gasteiger partial charge in [-0.15, -0.1) is 0 Å². The molecule has 0 aliphatic carbocycles. The van der Waals surface area contributed by atoms with Crippen LogP contribution in [-0.4, -0.2) is 21.0 Å². The van der Waals surface area contributed by atoms with Crippen LogP contribution in [0.5, 0.6) is 0 Å². The van der Waals surface area contributed by atoms with Crippen molar-refractivity contribution in [3.8, 4) is 22.4 Å². The Morgan fingerprint density at radius 1 is 0.885 bits per heavy atom. The van der Waals surface area contributed by atoms with Crippen LogP contribution in [0.4, 0.5) is 0 Å². The quantitative estimate of drug-likeness (QED) is 0.572. The van der Waals surface area contributed by atoms with Crippen LogP contribution in [0.2, 0.25) is 0 Å². The zero-order chi connectivity index (χ0) is 18.1. The molecule has 4 nitrogen and oxygen atoms in total. The highest BCUT2D eigenvalue weighted by atomic mass is 16.4. The summed E-state index contributed by atoms with van der Waals surface area (Å²) in [6.45, 7) is 1.79. The molecule has 126 valence electrons. The highest BCUT2D eigenvalue weighted by Gasteiger charge is 2.18. The summed E-state index contributed by atoms with van der Waals surface area (Å²) in [5.41, 5.74) is 5.35. The normalized spacial score (nSPS) is 10.8. The van der Waals surface area contributed by atoms with Gasteiger partial charge in [-0.05, 0) is 29.7 Å². The van der Waals surface area contributed by atoms with Crippen LogP contribution in [0.25, 0.3) is 33.3 Å². The maximum atomic E-state index is 11.8. The summed E-state index contributed by atoms with van der Waals surface area (Å²) in [6, 6.07) is 19.9. The molecule has 2 aromatic heterocycles. The predicted octanol–water partition coefficient (Wildman–Crippen LogP) is 4.97. The number of rotatable bonds is 3. The summed E-state index contributed by atoms with van der Waals surface area (Å²) >= 11 is 0. The second kappa shape index (κ2) is 6.41. The third kappa shape index (κ3) is 2.71. The lowest BCUT2D eigenvalue weighted by molar-refractivity contribution is 0.0698. The topological polar surface area (TPSA) is 63.1 Å². The van der Waals surface area contributed by atoms with Crippen molar-refractivity contribution in [2.24, 2.45) is 0 Å². The molecule has 1 N–H and O–H groups in total. The van der Waals surface area contributed by atoms with Crippen LogP contribution in [0.15, 0.2) is 73.1 Å². The zero-order valence-electron chi connectivity index (χ0n) is 14.2. The summed E-state index contributed by atoms with van der Waals surface area (Å²) in [5, 5.41) is 10.2. The fraction of sp³-hybridized carbons (Fsp3) is 0.0455. The number of aromatic nitrogens is 2. The third-order valence-electron chi connectivity index (χ3n) is 4.51. The number of carboxylic acid groups (broad SMARTS) is 1. The molecule has 0 aliphatic rings. The van der Waals surface area contributed by atoms with E-state index in [1.54, 1.807) is 25.4 Å². The van der Waals surface area contributed by atoms with Gasteiger partial charge in [-0.25, -0.2) is 9.78 Å². The standard InChI is InChI=1S/C22H16N2O2/c1-14-20(22(25)26)18-13-23-12-11-19(18)24-21(14)17-9-7-16(8-10-17)15-5-3-2-4-6-15/h2-13H,1H3,(H,25,26). The number of aromatic carboxylic acids is 1. The van der Waals surface area contributed by atoms with Gasteiger partial charge in [0.2, 0.25) is 0 Å². The highest BCUT2D eigenvalue weighted by Crippen LogP contribution is 2.30. The Morgan fingerprint density at radius 2 is 1.54 bits per heavy atom. The molecule has 0 unspecified atom stereocenters. The lowest BCUT2D eigenvalue weighted by Gasteiger charge is -2.12. The smallest absolute Gasteiger partial charge is 0.336 e. The lowest BCUT2D eigenvalue weighted by Crippen LogP contribution is -2.05. The summed E-state index contributed by atoms with van der Waals surface area (Å²) in [5.74, 6) is -0.968. The van der Waals surface area contributed by atoms with Crippen LogP contribution >= 0.6 is 0 Å². The molecule has 0 radical (unpaired) electrons. The second-order valence-corrected chi connectivity index (χ2v) is 6.10. The molecule has 4 heteroatoms. The van der Waals surface area contributed by atoms with Crippen LogP contribution in [0, 0.1) is 6.92 Å². The van der Waals surface area contributed by atoms with Gasteiger partial charge in [-0.3, -0.25) is 4.98 Å². The molecule has 4 aromatic rings. The van der Waals surface area contributed by atoms with Gasteiger partial charge in [-0.2, -0.15) is 0 Å². The third-order valence-corrected chi connectivity index (χ3v) is 4.51. The largest absolute Gasteiger partial charge is 0.478 e. The van der Waals surface area contributed by atoms with Gasteiger partial charge in [0.15, 0.2) is 0 Å². The Labute approximate surface area is 150 Å². The van der Waals surface area contributed by atoms with Crippen molar-refractivity contribution < 1.29 is 9.90 Å². The fourth-order valence-corrected chi connectivity index (χ4v) is 3.21. The summed E-state index contributed by atoms with van der Waals surface area (Å²) in [4.78, 5) is 20.5. The Kier molecular flexibility index (Phi) is 3.93. The van der Waals surface area contributed by atoms with E-state index >= 15 is 0 Å². The maximum absolute atomic E-state index is 11.8. The summed E-state index contributed by atoms with van der Waals surface area (Å²) in [6.07, 6.45) is 3.18. The molecule has 26 heavy (non-hydrogen) atoms. The van der Waals surface area contributed by atoms with Crippen molar-refractivity contribution in [2.45, 2.75) is 6.92 Å². The molecule has 2 aromatic carbocycles. The average molecular weight is 340 g/mol. The first-order valence-corrected chi connectivity index (χ1v) is 8.28. The second-order valence-electron chi connectivity index (χ2n) is 6.10. The number of hydrogen-bond donors (Lipinski definition) is 1. The number of pyridine rings is 2. The Hall–Kier alpha value is -3.53. The Balaban J connectivity index is 1.87. The maximum Gasteiger partial charge on any atom is 0.336 e. The van der Waals surface area contributed by atoms with Gasteiger partial charge < -0.3 is 5.11 Å². The lowest BCUT2D eigenvalue weighted by atomic mass is 9.97. The van der Waals surface area contributed by atoms with Crippen molar-refractivity contribution in [3.05, 3.63) is 84.2 Å². The van der Waals surface area contributed by atoms with Crippen LogP contribution in [-0.2, 0) is 0 Å². The van der Waals surface area contributed by atoms with E-state index in [9.17, 15) is 9.90 Å². The fourth-order valence-electron chi connectivity index (χ4n) is 3.21. The SMILES string of the molecule is Cc1c(-c2ccc(-c3ccccc3)cc2)nc2ccncc2c1C(=O)O. The van der Waals surface area contributed by atoms with E-state index in [0.717, 1.165) is 16.7 Å². The van der Waals surface area contributed by atoms with Gasteiger partial charge in [0, 0.05) is 23.3 Å². The van der Waals surface area contributed by atoms with Gasteiger partial charge in [0.05, 0.1) is 16.8 Å². The minimum Gasteiger partial charge on any atom is -0.478 e. The zero-order valence-corrected chi connectivity index (χ0v) is 14.2. The van der Waals surface area contributed by atoms with E-state index in [-0.39, 0.29) is 5.56 Å². The van der Waals surface area contributed by atoms with Crippen molar-refractivity contribution >= 4 is 16.9 Å². The molecule has 0 atom stereocenters. The van der Waals surface area contributed by atoms with Gasteiger partial charge >= 0.3 is 5.97 Å². The molecular weight excluding hydrogens is 324 g/mol. The molecule has 0 amide bonds. The highest BCUT2D eigenvalue weighted by molar-refractivity contribution is 6.05. The molecule has 2 heterocycles. The van der Waals surface area contributed by atoms with Crippen LogP contribution < -0.4 is 0 Å². The number of hydrogen-bond acceptors (Lipinski definition) is 3. The van der Waals surface area contributed by atoms with Crippen molar-refractivity contribution in [2.75, 3.05) is 0 Å². The van der Waals surface area contributed by atoms with E-state index in [2.05, 4.69) is 22.1 Å². The van der Waals surface area contributed by atoms with E-state index in [1.807, 2.05) is 42.5 Å². The molecular formula is C22H16N2O2. The molecule has 0 fully saturated rings. The van der Waals surface area contributed by atoms with Gasteiger partial charge in [0.25, 0.3) is 0 Å². The Morgan fingerprint density at radius 3 is 2.23 bits per heavy atom.